The highest BCUT2D eigenvalue weighted by atomic mass is 31.2. The summed E-state index contributed by atoms with van der Waals surface area (Å²) < 4.78 is 47.6. The predicted molar refractivity (Wildman–Crippen MR) is 207 cm³/mol. The number of aliphatic hydroxyl groups is 1. The first-order valence-electron chi connectivity index (χ1n) is 20.5. The summed E-state index contributed by atoms with van der Waals surface area (Å²) in [5, 5.41) is 9.72. The summed E-state index contributed by atoms with van der Waals surface area (Å²) in [6.45, 7) is 6.35. The van der Waals surface area contributed by atoms with E-state index in [-0.39, 0.29) is 19.4 Å². The van der Waals surface area contributed by atoms with Crippen LogP contribution in [-0.4, -0.2) is 70.4 Å². The highest BCUT2D eigenvalue weighted by molar-refractivity contribution is 7.47. The molecule has 0 aliphatic carbocycles. The van der Waals surface area contributed by atoms with Gasteiger partial charge in [0.05, 0.1) is 19.8 Å². The molecule has 0 aliphatic rings. The van der Waals surface area contributed by atoms with Crippen LogP contribution in [0.15, 0.2) is 0 Å². The number of phosphoric acid groups is 2. The van der Waals surface area contributed by atoms with E-state index in [4.69, 9.17) is 23.8 Å². The number of esters is 2. The van der Waals surface area contributed by atoms with Crippen molar-refractivity contribution in [3.63, 3.8) is 0 Å². The summed E-state index contributed by atoms with van der Waals surface area (Å²) in [4.78, 5) is 52.5. The van der Waals surface area contributed by atoms with Gasteiger partial charge < -0.3 is 29.3 Å². The summed E-state index contributed by atoms with van der Waals surface area (Å²) in [6, 6.07) is 0. The van der Waals surface area contributed by atoms with Gasteiger partial charge in [-0.15, -0.1) is 0 Å². The Morgan fingerprint density at radius 2 is 0.962 bits per heavy atom. The molecule has 0 aromatic heterocycles. The Kier molecular flexibility index (Phi) is 32.7. The molecule has 0 bridgehead atoms. The Morgan fingerprint density at radius 3 is 1.43 bits per heavy atom. The van der Waals surface area contributed by atoms with Crippen LogP contribution in [0.25, 0.3) is 0 Å². The van der Waals surface area contributed by atoms with Gasteiger partial charge in [-0.3, -0.25) is 23.2 Å². The van der Waals surface area contributed by atoms with Crippen LogP contribution >= 0.6 is 15.6 Å². The van der Waals surface area contributed by atoms with Gasteiger partial charge in [0.15, 0.2) is 6.10 Å². The van der Waals surface area contributed by atoms with Crippen LogP contribution in [0.4, 0.5) is 0 Å². The molecule has 316 valence electrons. The number of carbonyl (C=O) groups is 2. The van der Waals surface area contributed by atoms with Crippen molar-refractivity contribution in [2.75, 3.05) is 26.4 Å². The molecule has 0 aromatic rings. The fourth-order valence-electron chi connectivity index (χ4n) is 5.68. The van der Waals surface area contributed by atoms with Gasteiger partial charge in [0, 0.05) is 12.8 Å². The number of unbranched alkanes of at least 4 members (excludes halogenated alkanes) is 17. The molecule has 0 aromatic carbocycles. The molecular weight excluding hydrogens is 726 g/mol. The molecule has 0 fully saturated rings. The smallest absolute Gasteiger partial charge is 0.462 e. The highest BCUT2D eigenvalue weighted by Gasteiger charge is 2.28. The second kappa shape index (κ2) is 33.3. The Balaban J connectivity index is 4.51. The summed E-state index contributed by atoms with van der Waals surface area (Å²) in [5.74, 6) is 0.530. The lowest BCUT2D eigenvalue weighted by molar-refractivity contribution is -0.161. The monoisotopic (exact) mass is 802 g/mol. The average Bonchev–Trinajstić information content (AvgIpc) is 3.09. The summed E-state index contributed by atoms with van der Waals surface area (Å²) in [7, 11) is -9.65. The maximum Gasteiger partial charge on any atom is 0.472 e. The molecule has 0 saturated carbocycles. The Labute approximate surface area is 320 Å². The molecule has 15 heteroatoms. The van der Waals surface area contributed by atoms with E-state index in [1.807, 2.05) is 0 Å². The third-order valence-corrected chi connectivity index (χ3v) is 10.6. The molecule has 0 spiro atoms. The van der Waals surface area contributed by atoms with Crippen LogP contribution < -0.4 is 0 Å². The zero-order valence-corrected chi connectivity index (χ0v) is 35.3. The number of phosphoric ester groups is 2. The Bertz CT molecular complexity index is 991. The molecule has 2 unspecified atom stereocenters. The van der Waals surface area contributed by atoms with E-state index in [9.17, 15) is 28.7 Å². The van der Waals surface area contributed by atoms with Gasteiger partial charge in [0.1, 0.15) is 12.7 Å². The molecule has 0 amide bonds. The molecule has 0 heterocycles. The van der Waals surface area contributed by atoms with Gasteiger partial charge in [0.2, 0.25) is 0 Å². The van der Waals surface area contributed by atoms with Crippen molar-refractivity contribution >= 4 is 27.6 Å². The van der Waals surface area contributed by atoms with Crippen LogP contribution in [0.1, 0.15) is 182 Å². The standard InChI is InChI=1S/C38H76O13P2/c1-5-34(4)26-22-18-15-16-19-23-27-37(40)47-31-36(32-50-53(45,46)49-30-35(39)29-48-52(42,43)44)51-38(41)28-24-20-14-12-10-8-6-7-9-11-13-17-21-25-33(2)3/h33-36,39H,5-32H2,1-4H3,(H,45,46)(H2,42,43,44)/t34?,35-,36+/m0/s1. The number of carbonyl (C=O) groups excluding carboxylic acids is 2. The van der Waals surface area contributed by atoms with Crippen molar-refractivity contribution < 1.29 is 61.6 Å². The van der Waals surface area contributed by atoms with Crippen LogP contribution in [0.3, 0.4) is 0 Å². The minimum atomic E-state index is -4.85. The van der Waals surface area contributed by atoms with Crippen molar-refractivity contribution in [3.8, 4) is 0 Å². The third-order valence-electron chi connectivity index (χ3n) is 9.20. The number of aliphatic hydroxyl groups excluding tert-OH is 1. The van der Waals surface area contributed by atoms with E-state index in [0.717, 1.165) is 50.4 Å². The Morgan fingerprint density at radius 1 is 0.547 bits per heavy atom. The van der Waals surface area contributed by atoms with Crippen molar-refractivity contribution in [1.82, 2.24) is 0 Å². The topological polar surface area (TPSA) is 195 Å². The highest BCUT2D eigenvalue weighted by Crippen LogP contribution is 2.43. The molecule has 4 N–H and O–H groups in total. The summed E-state index contributed by atoms with van der Waals surface area (Å²) >= 11 is 0. The van der Waals surface area contributed by atoms with Crippen molar-refractivity contribution in [3.05, 3.63) is 0 Å². The molecule has 53 heavy (non-hydrogen) atoms. The SMILES string of the molecule is CCC(C)CCCCCCCCC(=O)OC[C@H](COP(=O)(O)OC[C@@H](O)COP(=O)(O)O)OC(=O)CCCCCCCCCCCCCCCC(C)C. The Hall–Kier alpha value is -0.880. The van der Waals surface area contributed by atoms with Gasteiger partial charge in [-0.25, -0.2) is 9.13 Å². The molecule has 13 nitrogen and oxygen atoms in total. The van der Waals surface area contributed by atoms with E-state index in [0.29, 0.717) is 12.8 Å². The number of hydrogen-bond donors (Lipinski definition) is 4. The lowest BCUT2D eigenvalue weighted by Crippen LogP contribution is -2.30. The molecule has 0 rings (SSSR count). The van der Waals surface area contributed by atoms with Gasteiger partial charge in [-0.1, -0.05) is 156 Å². The van der Waals surface area contributed by atoms with E-state index >= 15 is 0 Å². The second-order valence-corrected chi connectivity index (χ2v) is 17.7. The fourth-order valence-corrected chi connectivity index (χ4v) is 6.84. The summed E-state index contributed by atoms with van der Waals surface area (Å²) in [6.07, 6.45) is 22.7. The second-order valence-electron chi connectivity index (χ2n) is 15.0. The number of rotatable bonds is 38. The molecule has 0 aliphatic heterocycles. The normalized spacial score (nSPS) is 14.9. The van der Waals surface area contributed by atoms with E-state index < -0.39 is 59.6 Å². The first-order chi connectivity index (χ1) is 25.1. The minimum absolute atomic E-state index is 0.137. The van der Waals surface area contributed by atoms with E-state index in [1.54, 1.807) is 0 Å². The maximum absolute atomic E-state index is 12.6. The van der Waals surface area contributed by atoms with Crippen LogP contribution in [0, 0.1) is 11.8 Å². The van der Waals surface area contributed by atoms with Crippen LogP contribution in [0.2, 0.25) is 0 Å². The number of ether oxygens (including phenoxy) is 2. The summed E-state index contributed by atoms with van der Waals surface area (Å²) in [5.41, 5.74) is 0. The van der Waals surface area contributed by atoms with Gasteiger partial charge in [0.25, 0.3) is 0 Å². The zero-order valence-electron chi connectivity index (χ0n) is 33.5. The van der Waals surface area contributed by atoms with Crippen LogP contribution in [-0.2, 0) is 41.8 Å². The van der Waals surface area contributed by atoms with Gasteiger partial charge in [-0.2, -0.15) is 0 Å². The average molecular weight is 803 g/mol. The predicted octanol–water partition coefficient (Wildman–Crippen LogP) is 9.72. The zero-order chi connectivity index (χ0) is 39.8. The fraction of sp³-hybridized carbons (Fsp3) is 0.947. The molecule has 0 saturated heterocycles. The van der Waals surface area contributed by atoms with Crippen LogP contribution in [0.5, 0.6) is 0 Å². The molecule has 0 radical (unpaired) electrons. The largest absolute Gasteiger partial charge is 0.472 e. The van der Waals surface area contributed by atoms with E-state index in [1.165, 1.54) is 89.9 Å². The van der Waals surface area contributed by atoms with Crippen molar-refractivity contribution in [1.29, 1.82) is 0 Å². The lowest BCUT2D eigenvalue weighted by atomic mass is 10.00. The van der Waals surface area contributed by atoms with E-state index in [2.05, 4.69) is 36.7 Å². The quantitative estimate of drug-likeness (QED) is 0.0262. The first-order valence-corrected chi connectivity index (χ1v) is 23.5. The molecule has 4 atom stereocenters. The third kappa shape index (κ3) is 37.8. The molecular formula is C38H76O13P2. The minimum Gasteiger partial charge on any atom is -0.462 e. The lowest BCUT2D eigenvalue weighted by Gasteiger charge is -2.20. The van der Waals surface area contributed by atoms with Crippen molar-refractivity contribution in [2.24, 2.45) is 11.8 Å². The van der Waals surface area contributed by atoms with Gasteiger partial charge >= 0.3 is 27.6 Å². The van der Waals surface area contributed by atoms with Gasteiger partial charge in [-0.05, 0) is 24.7 Å². The first kappa shape index (κ1) is 52.1. The van der Waals surface area contributed by atoms with Crippen molar-refractivity contribution in [2.45, 2.75) is 194 Å². The number of hydrogen-bond acceptors (Lipinski definition) is 10. The maximum atomic E-state index is 12.6.